The molecule has 0 spiro atoms. The Kier molecular flexibility index (Phi) is 14.5. The number of hydrogen-bond donors (Lipinski definition) is 0. The Bertz CT molecular complexity index is 4640. The highest BCUT2D eigenvalue weighted by atomic mass is 127. The Hall–Kier alpha value is -8.24. The number of benzene rings is 12. The molecule has 0 N–H and O–H groups in total. The van der Waals surface area contributed by atoms with Crippen LogP contribution in [0.25, 0.3) is 0 Å². The van der Waals surface area contributed by atoms with Crippen LogP contribution < -0.4 is 62.0 Å². The Morgan fingerprint density at radius 2 is 0.787 bits per heavy atom. The molecule has 11 heteroatoms. The van der Waals surface area contributed by atoms with Crippen LogP contribution in [0.1, 0.15) is 43.7 Å². The molecule has 0 fully saturated rings. The lowest BCUT2D eigenvalue weighted by Crippen LogP contribution is -2.64. The molecule has 4 aliphatic heterocycles. The zero-order valence-electron chi connectivity index (χ0n) is 49.3. The van der Waals surface area contributed by atoms with Crippen LogP contribution in [0.5, 0.6) is 11.5 Å². The number of para-hydroxylation sites is 4. The molecular weight excluding hydrogens is 1430 g/mol. The standard InChI is InChI=1S/C78H58B2I3N5O/c1-4-15-51(3)52-26-36-59(37-27-52)84(60-38-28-53(81)29-39-60)63-44-72-77-73(45-63)88(62-42-32-55(83)33-43-62)71-49-75-68(48-67(71)79(77)65-20-11-13-22-69(65)86(72)56-16-7-5-8-17-56)80-66-21-12-14-23-70(66)87(57-18-9-6-10-19-57)74-46-64(47-76(89-75)78(74)80)85(58-34-24-50(2)25-35-58)61-40-30-54(82)31-41-61/h5-14,16-49,51H,4,15H2,1-3H3/t51-/m0/s1. The van der Waals surface area contributed by atoms with Crippen LogP contribution in [0.4, 0.5) is 85.3 Å². The van der Waals surface area contributed by atoms with E-state index in [1.807, 2.05) is 0 Å². The maximum Gasteiger partial charge on any atom is 0.256 e. The number of fused-ring (bicyclic) bond motifs is 8. The number of aryl methyl sites for hydroxylation is 1. The monoisotopic (exact) mass is 1480 g/mol. The van der Waals surface area contributed by atoms with Crippen molar-refractivity contribution >= 4 is 199 Å². The SMILES string of the molecule is CCC[C@H](C)c1ccc(N(c2ccc(I)cc2)c2cc3c4c(c2)N(c2ccc(I)cc2)c2cc5c(cc2B4c2ccccc2N3c2ccccc2)B2c3ccccc3N(c3ccccc3)c3cc(N(c4ccc(C)cc4)c4ccc(I)cc4)cc(c32)O5)cc1. The third kappa shape index (κ3) is 9.72. The maximum absolute atomic E-state index is 7.76. The van der Waals surface area contributed by atoms with Crippen LogP contribution >= 0.6 is 67.8 Å². The van der Waals surface area contributed by atoms with Crippen molar-refractivity contribution in [1.29, 1.82) is 0 Å². The fraction of sp³-hybridized carbons (Fsp3) is 0.0769. The van der Waals surface area contributed by atoms with Crippen LogP contribution in [0.2, 0.25) is 0 Å². The molecule has 0 radical (unpaired) electrons. The molecule has 0 amide bonds. The first-order valence-corrected chi connectivity index (χ1v) is 33.8. The average Bonchev–Trinajstić information content (AvgIpc) is 0.714. The summed E-state index contributed by atoms with van der Waals surface area (Å²) in [6, 6.07) is 99.5. The Balaban J connectivity index is 0.970. The van der Waals surface area contributed by atoms with E-state index in [1.54, 1.807) is 0 Å². The molecule has 0 aliphatic carbocycles. The number of anilines is 15. The molecule has 0 saturated heterocycles. The quantitative estimate of drug-likeness (QED) is 0.0893. The minimum Gasteiger partial charge on any atom is -0.458 e. The number of hydrogen-bond acceptors (Lipinski definition) is 6. The second-order valence-electron chi connectivity index (χ2n) is 23.7. The van der Waals surface area contributed by atoms with Crippen LogP contribution in [0.15, 0.2) is 267 Å². The van der Waals surface area contributed by atoms with Crippen molar-refractivity contribution in [1.82, 2.24) is 0 Å². The summed E-state index contributed by atoms with van der Waals surface area (Å²) in [6.07, 6.45) is 2.29. The summed E-state index contributed by atoms with van der Waals surface area (Å²) in [7, 11) is 0. The van der Waals surface area contributed by atoms with Gasteiger partial charge in [-0.15, -0.1) is 0 Å². The van der Waals surface area contributed by atoms with Gasteiger partial charge in [-0.25, -0.2) is 0 Å². The Labute approximate surface area is 563 Å². The molecule has 0 unspecified atom stereocenters. The summed E-state index contributed by atoms with van der Waals surface area (Å²) in [5.41, 5.74) is 26.2. The van der Waals surface area contributed by atoms with E-state index >= 15 is 0 Å². The largest absolute Gasteiger partial charge is 0.458 e. The predicted octanol–water partition coefficient (Wildman–Crippen LogP) is 19.1. The van der Waals surface area contributed by atoms with Crippen molar-refractivity contribution in [3.63, 3.8) is 0 Å². The topological polar surface area (TPSA) is 25.4 Å². The van der Waals surface area contributed by atoms with Crippen molar-refractivity contribution in [2.45, 2.75) is 39.5 Å². The maximum atomic E-state index is 7.76. The first kappa shape index (κ1) is 56.0. The van der Waals surface area contributed by atoms with Crippen molar-refractivity contribution in [3.8, 4) is 11.5 Å². The zero-order valence-corrected chi connectivity index (χ0v) is 55.8. The molecule has 89 heavy (non-hydrogen) atoms. The number of nitrogens with zero attached hydrogens (tertiary/aromatic N) is 5. The van der Waals surface area contributed by atoms with E-state index in [0.717, 1.165) is 121 Å². The van der Waals surface area contributed by atoms with Crippen molar-refractivity contribution < 1.29 is 4.74 Å². The van der Waals surface area contributed by atoms with Gasteiger partial charge in [-0.3, -0.25) is 0 Å². The van der Waals surface area contributed by atoms with E-state index in [1.165, 1.54) is 43.7 Å². The Morgan fingerprint density at radius 1 is 0.371 bits per heavy atom. The molecule has 12 aromatic carbocycles. The molecule has 0 aromatic heterocycles. The molecule has 12 aromatic rings. The number of rotatable bonds is 12. The summed E-state index contributed by atoms with van der Waals surface area (Å²) < 4.78 is 11.3. The molecule has 1 atom stereocenters. The number of ether oxygens (including phenoxy) is 1. The Morgan fingerprint density at radius 3 is 1.30 bits per heavy atom. The summed E-state index contributed by atoms with van der Waals surface area (Å²) in [6.45, 7) is 6.45. The van der Waals surface area contributed by atoms with Crippen molar-refractivity contribution in [2.24, 2.45) is 0 Å². The molecule has 4 aliphatic rings. The summed E-state index contributed by atoms with van der Waals surface area (Å²) >= 11 is 7.28. The minimum atomic E-state index is -0.168. The lowest BCUT2D eigenvalue weighted by molar-refractivity contribution is 0.488. The van der Waals surface area contributed by atoms with Gasteiger partial charge in [0.25, 0.3) is 13.4 Å². The van der Waals surface area contributed by atoms with Crippen LogP contribution in [-0.2, 0) is 0 Å². The van der Waals surface area contributed by atoms with Crippen LogP contribution in [0.3, 0.4) is 0 Å². The van der Waals surface area contributed by atoms with Gasteiger partial charge in [-0.1, -0.05) is 129 Å². The van der Waals surface area contributed by atoms with Gasteiger partial charge in [0.1, 0.15) is 11.5 Å². The molecule has 6 nitrogen and oxygen atoms in total. The van der Waals surface area contributed by atoms with Gasteiger partial charge >= 0.3 is 0 Å². The van der Waals surface area contributed by atoms with Gasteiger partial charge in [0.05, 0.1) is 11.4 Å². The minimum absolute atomic E-state index is 0.156. The number of halogens is 3. The normalized spacial score (nSPS) is 13.3. The lowest BCUT2D eigenvalue weighted by Gasteiger charge is -2.46. The molecule has 4 heterocycles. The molecule has 0 bridgehead atoms. The highest BCUT2D eigenvalue weighted by molar-refractivity contribution is 14.1. The zero-order chi connectivity index (χ0) is 60.0. The summed E-state index contributed by atoms with van der Waals surface area (Å²) in [5, 5.41) is 0. The van der Waals surface area contributed by atoms with Crippen molar-refractivity contribution in [2.75, 3.05) is 24.5 Å². The fourth-order valence-corrected chi connectivity index (χ4v) is 15.3. The van der Waals surface area contributed by atoms with E-state index in [-0.39, 0.29) is 13.4 Å². The average molecular weight is 1480 g/mol. The van der Waals surface area contributed by atoms with Gasteiger partial charge in [-0.05, 0) is 277 Å². The van der Waals surface area contributed by atoms with Gasteiger partial charge in [0.15, 0.2) is 0 Å². The van der Waals surface area contributed by atoms with Crippen molar-refractivity contribution in [3.05, 3.63) is 289 Å². The first-order valence-electron chi connectivity index (χ1n) is 30.6. The van der Waals surface area contributed by atoms with E-state index in [9.17, 15) is 0 Å². The van der Waals surface area contributed by atoms with E-state index in [2.05, 4.69) is 380 Å². The fourth-order valence-electron chi connectivity index (χ4n) is 14.3. The lowest BCUT2D eigenvalue weighted by atomic mass is 9.30. The molecular formula is C78H58B2I3N5O. The van der Waals surface area contributed by atoms with Crippen LogP contribution in [-0.4, -0.2) is 13.4 Å². The van der Waals surface area contributed by atoms with Gasteiger partial charge in [0, 0.05) is 96.8 Å². The van der Waals surface area contributed by atoms with Gasteiger partial charge < -0.3 is 29.2 Å². The predicted molar refractivity (Wildman–Crippen MR) is 402 cm³/mol. The first-order chi connectivity index (χ1) is 43.6. The highest BCUT2D eigenvalue weighted by Gasteiger charge is 2.48. The van der Waals surface area contributed by atoms with E-state index in [4.69, 9.17) is 4.74 Å². The second kappa shape index (κ2) is 23.0. The highest BCUT2D eigenvalue weighted by Crippen LogP contribution is 2.51. The van der Waals surface area contributed by atoms with E-state index < -0.39 is 0 Å². The van der Waals surface area contributed by atoms with Crippen LogP contribution in [0, 0.1) is 17.6 Å². The van der Waals surface area contributed by atoms with Gasteiger partial charge in [0.2, 0.25) is 0 Å². The molecule has 16 rings (SSSR count). The second-order valence-corrected chi connectivity index (χ2v) is 27.4. The molecule has 428 valence electrons. The third-order valence-corrected chi connectivity index (χ3v) is 20.4. The summed E-state index contributed by atoms with van der Waals surface area (Å²) in [5.74, 6) is 2.13. The van der Waals surface area contributed by atoms with E-state index in [0.29, 0.717) is 5.92 Å². The van der Waals surface area contributed by atoms with Gasteiger partial charge in [-0.2, -0.15) is 0 Å². The molecule has 0 saturated carbocycles. The smallest absolute Gasteiger partial charge is 0.256 e. The summed E-state index contributed by atoms with van der Waals surface area (Å²) in [4.78, 5) is 12.3. The third-order valence-electron chi connectivity index (χ3n) is 18.3.